The van der Waals surface area contributed by atoms with Crippen molar-refractivity contribution in [1.29, 1.82) is 0 Å². The first-order chi connectivity index (χ1) is 11.3. The number of nitrogens with one attached hydrogen (secondary N) is 1. The van der Waals surface area contributed by atoms with Crippen LogP contribution in [0.2, 0.25) is 0 Å². The van der Waals surface area contributed by atoms with Gasteiger partial charge in [-0.05, 0) is 43.2 Å². The summed E-state index contributed by atoms with van der Waals surface area (Å²) in [5, 5.41) is 2.73. The number of carbonyl (C=O) groups excluding carboxylic acids is 1. The molecule has 0 aliphatic carbocycles. The quantitative estimate of drug-likeness (QED) is 0.815. The Morgan fingerprint density at radius 3 is 2.33 bits per heavy atom. The molecule has 1 N–H and O–H groups in total. The van der Waals surface area contributed by atoms with Gasteiger partial charge in [-0.15, -0.1) is 0 Å². The first kappa shape index (κ1) is 18.0. The number of carbonyl (C=O) groups is 1. The molecule has 2 aromatic carbocycles. The minimum atomic E-state index is -3.33. The highest BCUT2D eigenvalue weighted by molar-refractivity contribution is 7.90. The topological polar surface area (TPSA) is 72.5 Å². The molecule has 2 aromatic rings. The molecular weight excluding hydrogens is 326 g/mol. The maximum Gasteiger partial charge on any atom is 0.251 e. The zero-order valence-electron chi connectivity index (χ0n) is 14.0. The Balaban J connectivity index is 1.92. The Labute approximate surface area is 142 Å². The molecule has 0 aliphatic rings. The summed E-state index contributed by atoms with van der Waals surface area (Å²) in [6, 6.07) is 11.9. The number of benzene rings is 2. The molecule has 0 bridgehead atoms. The molecule has 6 heteroatoms. The van der Waals surface area contributed by atoms with Gasteiger partial charge in [0.25, 0.3) is 5.91 Å². The van der Waals surface area contributed by atoms with E-state index in [2.05, 4.69) is 5.32 Å². The Morgan fingerprint density at radius 2 is 1.71 bits per heavy atom. The highest BCUT2D eigenvalue weighted by atomic mass is 32.2. The normalized spacial score (nSPS) is 11.1. The highest BCUT2D eigenvalue weighted by Gasteiger charge is 2.11. The molecular formula is C18H21NO4S. The van der Waals surface area contributed by atoms with Crippen LogP contribution in [0.5, 0.6) is 5.75 Å². The Bertz CT molecular complexity index is 824. The number of rotatable bonds is 6. The number of ether oxygens (including phenoxy) is 1. The predicted molar refractivity (Wildman–Crippen MR) is 93.3 cm³/mol. The fourth-order valence-electron chi connectivity index (χ4n) is 2.31. The minimum absolute atomic E-state index is 0.127. The molecule has 0 radical (unpaired) electrons. The van der Waals surface area contributed by atoms with Crippen molar-refractivity contribution in [2.75, 3.05) is 19.4 Å². The van der Waals surface area contributed by atoms with Crippen molar-refractivity contribution in [3.63, 3.8) is 0 Å². The van der Waals surface area contributed by atoms with Crippen LogP contribution in [0, 0.1) is 13.8 Å². The molecule has 0 fully saturated rings. The van der Waals surface area contributed by atoms with Gasteiger partial charge in [0, 0.05) is 11.8 Å². The Kier molecular flexibility index (Phi) is 5.62. The second kappa shape index (κ2) is 7.49. The van der Waals surface area contributed by atoms with Crippen LogP contribution < -0.4 is 10.1 Å². The first-order valence-corrected chi connectivity index (χ1v) is 9.45. The van der Waals surface area contributed by atoms with Crippen molar-refractivity contribution in [2.45, 2.75) is 18.7 Å². The number of hydrogen-bond acceptors (Lipinski definition) is 4. The van der Waals surface area contributed by atoms with Gasteiger partial charge in [-0.1, -0.05) is 24.3 Å². The van der Waals surface area contributed by atoms with E-state index in [1.165, 1.54) is 12.1 Å². The van der Waals surface area contributed by atoms with E-state index in [9.17, 15) is 13.2 Å². The zero-order valence-corrected chi connectivity index (χ0v) is 14.8. The SMILES string of the molecule is Cc1cccc(C)c1OCCNC(=O)c1cccc(S(C)(=O)=O)c1. The van der Waals surface area contributed by atoms with Crippen LogP contribution >= 0.6 is 0 Å². The van der Waals surface area contributed by atoms with E-state index < -0.39 is 9.84 Å². The number of aryl methyl sites for hydroxylation is 2. The minimum Gasteiger partial charge on any atom is -0.491 e. The van der Waals surface area contributed by atoms with Crippen LogP contribution in [-0.4, -0.2) is 33.7 Å². The molecule has 24 heavy (non-hydrogen) atoms. The summed E-state index contributed by atoms with van der Waals surface area (Å²) < 4.78 is 28.8. The molecule has 0 heterocycles. The van der Waals surface area contributed by atoms with Crippen LogP contribution in [0.1, 0.15) is 21.5 Å². The molecule has 0 aromatic heterocycles. The van der Waals surface area contributed by atoms with Crippen LogP contribution in [0.25, 0.3) is 0 Å². The van der Waals surface area contributed by atoms with E-state index in [1.54, 1.807) is 12.1 Å². The lowest BCUT2D eigenvalue weighted by molar-refractivity contribution is 0.0946. The lowest BCUT2D eigenvalue weighted by atomic mass is 10.1. The largest absolute Gasteiger partial charge is 0.491 e. The third-order valence-electron chi connectivity index (χ3n) is 3.57. The summed E-state index contributed by atoms with van der Waals surface area (Å²) >= 11 is 0. The molecule has 0 atom stereocenters. The summed E-state index contributed by atoms with van der Waals surface area (Å²) in [4.78, 5) is 12.2. The fraction of sp³-hybridized carbons (Fsp3) is 0.278. The van der Waals surface area contributed by atoms with E-state index in [0.29, 0.717) is 18.7 Å². The van der Waals surface area contributed by atoms with Crippen molar-refractivity contribution >= 4 is 15.7 Å². The molecule has 0 unspecified atom stereocenters. The van der Waals surface area contributed by atoms with Gasteiger partial charge in [0.05, 0.1) is 11.4 Å². The second-order valence-electron chi connectivity index (χ2n) is 5.63. The molecule has 128 valence electrons. The smallest absolute Gasteiger partial charge is 0.251 e. The molecule has 1 amide bonds. The molecule has 5 nitrogen and oxygen atoms in total. The van der Waals surface area contributed by atoms with Crippen LogP contribution in [0.3, 0.4) is 0 Å². The second-order valence-corrected chi connectivity index (χ2v) is 7.64. The highest BCUT2D eigenvalue weighted by Crippen LogP contribution is 2.21. The maximum atomic E-state index is 12.1. The van der Waals surface area contributed by atoms with E-state index in [-0.39, 0.29) is 10.8 Å². The fourth-order valence-corrected chi connectivity index (χ4v) is 2.98. The van der Waals surface area contributed by atoms with Crippen molar-refractivity contribution in [3.8, 4) is 5.75 Å². The zero-order chi connectivity index (χ0) is 17.7. The molecule has 0 spiro atoms. The standard InChI is InChI=1S/C18H21NO4S/c1-13-6-4-7-14(2)17(13)23-11-10-19-18(20)15-8-5-9-16(12-15)24(3,21)22/h4-9,12H,10-11H2,1-3H3,(H,19,20). The van der Waals surface area contributed by atoms with Crippen molar-refractivity contribution in [3.05, 3.63) is 59.2 Å². The monoisotopic (exact) mass is 347 g/mol. The summed E-state index contributed by atoms with van der Waals surface area (Å²) in [7, 11) is -3.33. The predicted octanol–water partition coefficient (Wildman–Crippen LogP) is 2.52. The van der Waals surface area contributed by atoms with Gasteiger partial charge in [0.15, 0.2) is 9.84 Å². The van der Waals surface area contributed by atoms with Crippen LogP contribution in [-0.2, 0) is 9.84 Å². The number of amides is 1. The molecule has 2 rings (SSSR count). The number of para-hydroxylation sites is 1. The average molecular weight is 347 g/mol. The number of sulfone groups is 1. The average Bonchev–Trinajstić information content (AvgIpc) is 2.53. The first-order valence-electron chi connectivity index (χ1n) is 7.56. The maximum absolute atomic E-state index is 12.1. The summed E-state index contributed by atoms with van der Waals surface area (Å²) in [5.74, 6) is 0.497. The number of hydrogen-bond donors (Lipinski definition) is 1. The van der Waals surface area contributed by atoms with Crippen LogP contribution in [0.4, 0.5) is 0 Å². The van der Waals surface area contributed by atoms with E-state index >= 15 is 0 Å². The summed E-state index contributed by atoms with van der Waals surface area (Å²) in [5.41, 5.74) is 2.40. The lowest BCUT2D eigenvalue weighted by Crippen LogP contribution is -2.28. The van der Waals surface area contributed by atoms with Gasteiger partial charge in [0.1, 0.15) is 12.4 Å². The molecule has 0 saturated heterocycles. The van der Waals surface area contributed by atoms with E-state index in [4.69, 9.17) is 4.74 Å². The third-order valence-corrected chi connectivity index (χ3v) is 4.68. The van der Waals surface area contributed by atoms with Gasteiger partial charge in [-0.2, -0.15) is 0 Å². The van der Waals surface area contributed by atoms with Gasteiger partial charge >= 0.3 is 0 Å². The van der Waals surface area contributed by atoms with Gasteiger partial charge < -0.3 is 10.1 Å². The Morgan fingerprint density at radius 1 is 1.08 bits per heavy atom. The molecule has 0 aliphatic heterocycles. The lowest BCUT2D eigenvalue weighted by Gasteiger charge is -2.12. The van der Waals surface area contributed by atoms with Crippen LogP contribution in [0.15, 0.2) is 47.4 Å². The summed E-state index contributed by atoms with van der Waals surface area (Å²) in [6.45, 7) is 4.61. The Hall–Kier alpha value is -2.34. The van der Waals surface area contributed by atoms with Gasteiger partial charge in [0.2, 0.25) is 0 Å². The third kappa shape index (κ3) is 4.58. The van der Waals surface area contributed by atoms with Gasteiger partial charge in [-0.25, -0.2) is 8.42 Å². The van der Waals surface area contributed by atoms with Crippen molar-refractivity contribution in [2.24, 2.45) is 0 Å². The van der Waals surface area contributed by atoms with E-state index in [1.807, 2.05) is 32.0 Å². The van der Waals surface area contributed by atoms with Crippen molar-refractivity contribution in [1.82, 2.24) is 5.32 Å². The van der Waals surface area contributed by atoms with Crippen molar-refractivity contribution < 1.29 is 17.9 Å². The van der Waals surface area contributed by atoms with E-state index in [0.717, 1.165) is 23.1 Å². The van der Waals surface area contributed by atoms with Gasteiger partial charge in [-0.3, -0.25) is 4.79 Å². The molecule has 0 saturated carbocycles. The summed E-state index contributed by atoms with van der Waals surface area (Å²) in [6.07, 6.45) is 1.11.